The quantitative estimate of drug-likeness (QED) is 0.576. The van der Waals surface area contributed by atoms with E-state index in [2.05, 4.69) is 12.0 Å². The molecule has 1 atom stereocenters. The molecule has 1 saturated heterocycles. The van der Waals surface area contributed by atoms with Gasteiger partial charge in [-0.25, -0.2) is 9.07 Å². The van der Waals surface area contributed by atoms with Crippen molar-refractivity contribution in [1.29, 1.82) is 0 Å². The average molecular weight is 434 g/mol. The molecule has 1 aliphatic rings. The number of rotatable bonds is 6. The van der Waals surface area contributed by atoms with E-state index < -0.39 is 0 Å². The number of hydrogen-bond acceptors (Lipinski definition) is 3. The van der Waals surface area contributed by atoms with Crippen LogP contribution in [0.5, 0.6) is 0 Å². The second kappa shape index (κ2) is 9.90. The lowest BCUT2D eigenvalue weighted by atomic mass is 9.92. The smallest absolute Gasteiger partial charge is 0.266 e. The fraction of sp³-hybridized carbons (Fsp3) is 0.346. The number of aromatic nitrogens is 2. The maximum Gasteiger partial charge on any atom is 0.266 e. The molecule has 1 fully saturated rings. The minimum atomic E-state index is -0.305. The lowest BCUT2D eigenvalue weighted by Gasteiger charge is -2.34. The summed E-state index contributed by atoms with van der Waals surface area (Å²) in [7, 11) is 0. The van der Waals surface area contributed by atoms with Crippen molar-refractivity contribution in [1.82, 2.24) is 14.7 Å². The molecule has 0 aliphatic carbocycles. The van der Waals surface area contributed by atoms with Crippen molar-refractivity contribution in [3.8, 4) is 11.3 Å². The Labute approximate surface area is 187 Å². The molecule has 1 aliphatic heterocycles. The molecule has 0 saturated carbocycles. The van der Waals surface area contributed by atoms with Gasteiger partial charge in [-0.1, -0.05) is 37.3 Å². The predicted molar refractivity (Wildman–Crippen MR) is 123 cm³/mol. The topological polar surface area (TPSA) is 55.2 Å². The highest BCUT2D eigenvalue weighted by Crippen LogP contribution is 2.26. The first kappa shape index (κ1) is 21.9. The molecule has 0 radical (unpaired) electrons. The molecular formula is C26H28FN3O2. The molecule has 0 spiro atoms. The lowest BCUT2D eigenvalue weighted by Crippen LogP contribution is -2.42. The Morgan fingerprint density at radius 3 is 2.38 bits per heavy atom. The van der Waals surface area contributed by atoms with E-state index in [0.717, 1.165) is 30.4 Å². The van der Waals surface area contributed by atoms with Crippen molar-refractivity contribution in [2.45, 2.75) is 38.6 Å². The van der Waals surface area contributed by atoms with Crippen molar-refractivity contribution in [2.24, 2.45) is 5.92 Å². The highest BCUT2D eigenvalue weighted by Gasteiger charge is 2.28. The highest BCUT2D eigenvalue weighted by atomic mass is 19.1. The second-order valence-electron chi connectivity index (χ2n) is 8.39. The van der Waals surface area contributed by atoms with Crippen LogP contribution in [0.15, 0.2) is 71.5 Å². The Balaban J connectivity index is 1.40. The summed E-state index contributed by atoms with van der Waals surface area (Å²) in [6, 6.07) is 19.2. The van der Waals surface area contributed by atoms with Crippen molar-refractivity contribution in [2.75, 3.05) is 13.1 Å². The van der Waals surface area contributed by atoms with Gasteiger partial charge in [-0.3, -0.25) is 9.59 Å². The summed E-state index contributed by atoms with van der Waals surface area (Å²) in [5.74, 6) is 0.0562. The molecule has 2 aromatic carbocycles. The first-order chi connectivity index (χ1) is 15.5. The van der Waals surface area contributed by atoms with Gasteiger partial charge in [0.2, 0.25) is 5.91 Å². The molecule has 1 aromatic heterocycles. The Bertz CT molecular complexity index is 1100. The summed E-state index contributed by atoms with van der Waals surface area (Å²) in [5.41, 5.74) is 2.33. The lowest BCUT2D eigenvalue weighted by molar-refractivity contribution is -0.134. The zero-order valence-electron chi connectivity index (χ0n) is 18.3. The van der Waals surface area contributed by atoms with Gasteiger partial charge in [0, 0.05) is 31.3 Å². The van der Waals surface area contributed by atoms with Crippen molar-refractivity contribution in [3.63, 3.8) is 0 Å². The monoisotopic (exact) mass is 433 g/mol. The standard InChI is InChI=1S/C26H28FN3O2/c1-2-23(20-6-4-3-5-7-20)26(32)29-16-14-19(15-17-29)18-30-25(31)13-12-24(28-30)21-8-10-22(27)11-9-21/h3-13,19,23H,2,14-18H2,1H3/t23-/m1/s1. The largest absolute Gasteiger partial charge is 0.342 e. The summed E-state index contributed by atoms with van der Waals surface area (Å²) in [6.07, 6.45) is 2.45. The highest BCUT2D eigenvalue weighted by molar-refractivity contribution is 5.83. The minimum absolute atomic E-state index is 0.107. The molecule has 32 heavy (non-hydrogen) atoms. The van der Waals surface area contributed by atoms with Crippen molar-refractivity contribution >= 4 is 5.91 Å². The van der Waals surface area contributed by atoms with Crippen LogP contribution in [-0.2, 0) is 11.3 Å². The zero-order valence-corrected chi connectivity index (χ0v) is 18.3. The third kappa shape index (κ3) is 4.96. The van der Waals surface area contributed by atoms with E-state index in [1.54, 1.807) is 18.2 Å². The Kier molecular flexibility index (Phi) is 6.78. The summed E-state index contributed by atoms with van der Waals surface area (Å²) in [6.45, 7) is 3.96. The summed E-state index contributed by atoms with van der Waals surface area (Å²) in [5, 5.41) is 4.50. The first-order valence-electron chi connectivity index (χ1n) is 11.2. The number of carbonyl (C=O) groups is 1. The van der Waals surface area contributed by atoms with E-state index in [4.69, 9.17) is 0 Å². The van der Waals surface area contributed by atoms with E-state index in [9.17, 15) is 14.0 Å². The van der Waals surface area contributed by atoms with Gasteiger partial charge in [-0.2, -0.15) is 5.10 Å². The summed E-state index contributed by atoms with van der Waals surface area (Å²) >= 11 is 0. The van der Waals surface area contributed by atoms with Gasteiger partial charge in [0.05, 0.1) is 11.6 Å². The zero-order chi connectivity index (χ0) is 22.5. The number of likely N-dealkylation sites (tertiary alicyclic amines) is 1. The SMILES string of the molecule is CC[C@@H](C(=O)N1CCC(Cn2nc(-c3ccc(F)cc3)ccc2=O)CC1)c1ccccc1. The first-order valence-corrected chi connectivity index (χ1v) is 11.2. The Morgan fingerprint density at radius 2 is 1.72 bits per heavy atom. The van der Waals surface area contributed by atoms with Crippen LogP contribution in [0.25, 0.3) is 11.3 Å². The van der Waals surface area contributed by atoms with E-state index >= 15 is 0 Å². The maximum atomic E-state index is 13.2. The predicted octanol–water partition coefficient (Wildman–Crippen LogP) is 4.48. The molecule has 5 nitrogen and oxygen atoms in total. The molecule has 0 unspecified atom stereocenters. The van der Waals surface area contributed by atoms with Crippen LogP contribution in [-0.4, -0.2) is 33.7 Å². The van der Waals surface area contributed by atoms with Gasteiger partial charge in [-0.05, 0) is 61.1 Å². The maximum absolute atomic E-state index is 13.2. The third-order valence-corrected chi connectivity index (χ3v) is 6.27. The van der Waals surface area contributed by atoms with Crippen LogP contribution in [0, 0.1) is 11.7 Å². The third-order valence-electron chi connectivity index (χ3n) is 6.27. The van der Waals surface area contributed by atoms with E-state index in [-0.39, 0.29) is 29.1 Å². The molecule has 4 rings (SSSR count). The molecule has 2 heterocycles. The van der Waals surface area contributed by atoms with Gasteiger partial charge in [0.25, 0.3) is 5.56 Å². The van der Waals surface area contributed by atoms with E-state index in [1.807, 2.05) is 35.2 Å². The minimum Gasteiger partial charge on any atom is -0.342 e. The fourth-order valence-corrected chi connectivity index (χ4v) is 4.39. The fourth-order valence-electron chi connectivity index (χ4n) is 4.39. The van der Waals surface area contributed by atoms with Crippen LogP contribution in [0.3, 0.4) is 0 Å². The van der Waals surface area contributed by atoms with E-state index in [0.29, 0.717) is 25.3 Å². The molecule has 3 aromatic rings. The summed E-state index contributed by atoms with van der Waals surface area (Å²) in [4.78, 5) is 27.4. The number of amides is 1. The molecule has 0 N–H and O–H groups in total. The number of nitrogens with zero attached hydrogens (tertiary/aromatic N) is 3. The second-order valence-corrected chi connectivity index (χ2v) is 8.39. The molecular weight excluding hydrogens is 405 g/mol. The number of hydrogen-bond donors (Lipinski definition) is 0. The molecule has 166 valence electrons. The molecule has 6 heteroatoms. The normalized spacial score (nSPS) is 15.5. The number of piperidine rings is 1. The molecule has 0 bridgehead atoms. The Hall–Kier alpha value is -3.28. The van der Waals surface area contributed by atoms with Crippen LogP contribution >= 0.6 is 0 Å². The molecule has 1 amide bonds. The van der Waals surface area contributed by atoms with Gasteiger partial charge >= 0.3 is 0 Å². The van der Waals surface area contributed by atoms with Gasteiger partial charge < -0.3 is 4.90 Å². The number of carbonyl (C=O) groups excluding carboxylic acids is 1. The van der Waals surface area contributed by atoms with Gasteiger partial charge in [-0.15, -0.1) is 0 Å². The van der Waals surface area contributed by atoms with Crippen LogP contribution in [0.1, 0.15) is 37.7 Å². The average Bonchev–Trinajstić information content (AvgIpc) is 2.83. The Morgan fingerprint density at radius 1 is 1.03 bits per heavy atom. The van der Waals surface area contributed by atoms with Gasteiger partial charge in [0.15, 0.2) is 0 Å². The van der Waals surface area contributed by atoms with E-state index in [1.165, 1.54) is 22.9 Å². The number of benzene rings is 2. The van der Waals surface area contributed by atoms with Crippen molar-refractivity contribution in [3.05, 3.63) is 88.5 Å². The van der Waals surface area contributed by atoms with Gasteiger partial charge in [0.1, 0.15) is 5.82 Å². The summed E-state index contributed by atoms with van der Waals surface area (Å²) < 4.78 is 14.7. The van der Waals surface area contributed by atoms with Crippen molar-refractivity contribution < 1.29 is 9.18 Å². The van der Waals surface area contributed by atoms with Crippen LogP contribution in [0.2, 0.25) is 0 Å². The van der Waals surface area contributed by atoms with Crippen LogP contribution < -0.4 is 5.56 Å². The number of halogens is 1. The van der Waals surface area contributed by atoms with Crippen LogP contribution in [0.4, 0.5) is 4.39 Å².